The molecule has 5 heteroatoms. The van der Waals surface area contributed by atoms with Crippen LogP contribution in [0.2, 0.25) is 0 Å². The molecule has 0 saturated carbocycles. The fourth-order valence-corrected chi connectivity index (χ4v) is 2.25. The first-order valence-electron chi connectivity index (χ1n) is 6.73. The second-order valence-electron chi connectivity index (χ2n) is 4.99. The maximum Gasteiger partial charge on any atom is 0.225 e. The van der Waals surface area contributed by atoms with E-state index in [1.54, 1.807) is 0 Å². The van der Waals surface area contributed by atoms with E-state index in [-0.39, 0.29) is 6.04 Å². The van der Waals surface area contributed by atoms with E-state index in [1.807, 2.05) is 19.3 Å². The zero-order chi connectivity index (χ0) is 13.0. The molecule has 1 unspecified atom stereocenters. The number of nitrogens with zero attached hydrogens (tertiary/aromatic N) is 4. The predicted octanol–water partition coefficient (Wildman–Crippen LogP) is 0.508. The van der Waals surface area contributed by atoms with Crippen LogP contribution >= 0.6 is 0 Å². The van der Waals surface area contributed by atoms with Gasteiger partial charge < -0.3 is 15.5 Å². The third-order valence-electron chi connectivity index (χ3n) is 3.35. The molecular formula is C13H23N5. The van der Waals surface area contributed by atoms with Crippen molar-refractivity contribution in [3.63, 3.8) is 0 Å². The van der Waals surface area contributed by atoms with Crippen LogP contribution in [-0.2, 0) is 6.42 Å². The first-order valence-corrected chi connectivity index (χ1v) is 6.73. The lowest BCUT2D eigenvalue weighted by Crippen LogP contribution is -2.46. The van der Waals surface area contributed by atoms with Gasteiger partial charge in [-0.15, -0.1) is 0 Å². The van der Waals surface area contributed by atoms with Crippen LogP contribution in [0, 0.1) is 0 Å². The van der Waals surface area contributed by atoms with Crippen LogP contribution in [0.1, 0.15) is 19.4 Å². The molecule has 2 heterocycles. The van der Waals surface area contributed by atoms with Gasteiger partial charge in [0.2, 0.25) is 5.95 Å². The van der Waals surface area contributed by atoms with Gasteiger partial charge in [-0.2, -0.15) is 0 Å². The third kappa shape index (κ3) is 3.40. The largest absolute Gasteiger partial charge is 0.338 e. The minimum absolute atomic E-state index is 0.160. The van der Waals surface area contributed by atoms with Crippen LogP contribution in [0.3, 0.4) is 0 Å². The van der Waals surface area contributed by atoms with E-state index in [0.717, 1.165) is 50.7 Å². The van der Waals surface area contributed by atoms with Crippen molar-refractivity contribution in [1.29, 1.82) is 0 Å². The summed E-state index contributed by atoms with van der Waals surface area (Å²) in [5.41, 5.74) is 6.88. The predicted molar refractivity (Wildman–Crippen MR) is 73.7 cm³/mol. The second-order valence-corrected chi connectivity index (χ2v) is 4.99. The van der Waals surface area contributed by atoms with E-state index >= 15 is 0 Å². The summed E-state index contributed by atoms with van der Waals surface area (Å²) in [5, 5.41) is 0. The van der Waals surface area contributed by atoms with Crippen molar-refractivity contribution in [2.45, 2.75) is 26.3 Å². The Bertz CT molecular complexity index is 354. The molecule has 18 heavy (non-hydrogen) atoms. The Balaban J connectivity index is 1.93. The summed E-state index contributed by atoms with van der Waals surface area (Å²) in [7, 11) is 0. The Hall–Kier alpha value is -1.20. The maximum absolute atomic E-state index is 5.76. The number of likely N-dealkylation sites (N-methyl/N-ethyl adjacent to an activating group) is 1. The van der Waals surface area contributed by atoms with Gasteiger partial charge in [-0.3, -0.25) is 0 Å². The highest BCUT2D eigenvalue weighted by Gasteiger charge is 2.17. The van der Waals surface area contributed by atoms with Crippen LogP contribution < -0.4 is 10.6 Å². The van der Waals surface area contributed by atoms with E-state index in [2.05, 4.69) is 26.7 Å². The van der Waals surface area contributed by atoms with Gasteiger partial charge in [0.25, 0.3) is 0 Å². The topological polar surface area (TPSA) is 58.3 Å². The summed E-state index contributed by atoms with van der Waals surface area (Å²) in [4.78, 5) is 13.6. The minimum Gasteiger partial charge on any atom is -0.338 e. The summed E-state index contributed by atoms with van der Waals surface area (Å²) >= 11 is 0. The molecule has 0 aliphatic carbocycles. The molecule has 1 aliphatic heterocycles. The van der Waals surface area contributed by atoms with Gasteiger partial charge in [-0.05, 0) is 25.5 Å². The van der Waals surface area contributed by atoms with E-state index in [9.17, 15) is 0 Å². The average Bonchev–Trinajstić information content (AvgIpc) is 2.39. The molecule has 5 nitrogen and oxygen atoms in total. The Morgan fingerprint density at radius 1 is 1.22 bits per heavy atom. The molecule has 1 atom stereocenters. The standard InChI is InChI=1S/C13H23N5/c1-3-17-4-6-18(7-5-17)13-15-9-12(10-16-13)8-11(2)14/h9-11H,3-8,14H2,1-2H3. The van der Waals surface area contributed by atoms with Crippen molar-refractivity contribution in [1.82, 2.24) is 14.9 Å². The van der Waals surface area contributed by atoms with Crippen LogP contribution in [-0.4, -0.2) is 53.6 Å². The van der Waals surface area contributed by atoms with Gasteiger partial charge in [-0.25, -0.2) is 9.97 Å². The Labute approximate surface area is 109 Å². The smallest absolute Gasteiger partial charge is 0.225 e. The van der Waals surface area contributed by atoms with E-state index in [1.165, 1.54) is 0 Å². The summed E-state index contributed by atoms with van der Waals surface area (Å²) in [6.07, 6.45) is 4.64. The van der Waals surface area contributed by atoms with Crippen molar-refractivity contribution in [3.8, 4) is 0 Å². The van der Waals surface area contributed by atoms with Crippen molar-refractivity contribution in [3.05, 3.63) is 18.0 Å². The maximum atomic E-state index is 5.76. The molecule has 1 fully saturated rings. The van der Waals surface area contributed by atoms with Crippen molar-refractivity contribution >= 4 is 5.95 Å². The number of hydrogen-bond donors (Lipinski definition) is 1. The minimum atomic E-state index is 0.160. The SMILES string of the molecule is CCN1CCN(c2ncc(CC(C)N)cn2)CC1. The van der Waals surface area contributed by atoms with Crippen molar-refractivity contribution in [2.75, 3.05) is 37.6 Å². The van der Waals surface area contributed by atoms with Crippen LogP contribution in [0.15, 0.2) is 12.4 Å². The van der Waals surface area contributed by atoms with Crippen LogP contribution in [0.25, 0.3) is 0 Å². The number of hydrogen-bond acceptors (Lipinski definition) is 5. The zero-order valence-electron chi connectivity index (χ0n) is 11.3. The molecule has 2 rings (SSSR count). The fraction of sp³-hybridized carbons (Fsp3) is 0.692. The number of aromatic nitrogens is 2. The van der Waals surface area contributed by atoms with Crippen LogP contribution in [0.4, 0.5) is 5.95 Å². The van der Waals surface area contributed by atoms with E-state index in [0.29, 0.717) is 0 Å². The molecule has 0 aromatic carbocycles. The highest BCUT2D eigenvalue weighted by atomic mass is 15.3. The van der Waals surface area contributed by atoms with Gasteiger partial charge in [-0.1, -0.05) is 6.92 Å². The molecule has 2 N–H and O–H groups in total. The van der Waals surface area contributed by atoms with Crippen LogP contribution in [0.5, 0.6) is 0 Å². The monoisotopic (exact) mass is 249 g/mol. The molecule has 100 valence electrons. The van der Waals surface area contributed by atoms with Gasteiger partial charge in [0.15, 0.2) is 0 Å². The summed E-state index contributed by atoms with van der Waals surface area (Å²) < 4.78 is 0. The normalized spacial score (nSPS) is 18.9. The zero-order valence-corrected chi connectivity index (χ0v) is 11.3. The van der Waals surface area contributed by atoms with Gasteiger partial charge >= 0.3 is 0 Å². The number of rotatable bonds is 4. The van der Waals surface area contributed by atoms with Gasteiger partial charge in [0.1, 0.15) is 0 Å². The lowest BCUT2D eigenvalue weighted by atomic mass is 10.1. The molecule has 1 aromatic rings. The van der Waals surface area contributed by atoms with Gasteiger partial charge in [0, 0.05) is 44.6 Å². The highest BCUT2D eigenvalue weighted by molar-refractivity contribution is 5.30. The van der Waals surface area contributed by atoms with E-state index < -0.39 is 0 Å². The van der Waals surface area contributed by atoms with Crippen molar-refractivity contribution < 1.29 is 0 Å². The highest BCUT2D eigenvalue weighted by Crippen LogP contribution is 2.11. The molecule has 0 amide bonds. The molecule has 1 saturated heterocycles. The molecule has 1 aromatic heterocycles. The summed E-state index contributed by atoms with van der Waals surface area (Å²) in [6, 6.07) is 0.160. The fourth-order valence-electron chi connectivity index (χ4n) is 2.25. The molecule has 1 aliphatic rings. The van der Waals surface area contributed by atoms with Crippen molar-refractivity contribution in [2.24, 2.45) is 5.73 Å². The average molecular weight is 249 g/mol. The molecule has 0 bridgehead atoms. The van der Waals surface area contributed by atoms with E-state index in [4.69, 9.17) is 5.73 Å². The number of nitrogens with two attached hydrogens (primary N) is 1. The Morgan fingerprint density at radius 3 is 2.33 bits per heavy atom. The summed E-state index contributed by atoms with van der Waals surface area (Å²) in [6.45, 7) is 9.55. The first-order chi connectivity index (χ1) is 8.69. The third-order valence-corrected chi connectivity index (χ3v) is 3.35. The van der Waals surface area contributed by atoms with Gasteiger partial charge in [0.05, 0.1) is 0 Å². The Morgan fingerprint density at radius 2 is 1.83 bits per heavy atom. The second kappa shape index (κ2) is 6.11. The number of anilines is 1. The quantitative estimate of drug-likeness (QED) is 0.842. The molecular weight excluding hydrogens is 226 g/mol. The molecule has 0 radical (unpaired) electrons. The first kappa shape index (κ1) is 13.2. The lowest BCUT2D eigenvalue weighted by Gasteiger charge is -2.33. The Kier molecular flexibility index (Phi) is 4.49. The lowest BCUT2D eigenvalue weighted by molar-refractivity contribution is 0.270. The summed E-state index contributed by atoms with van der Waals surface area (Å²) in [5.74, 6) is 0.846. The number of piperazine rings is 1. The molecule has 0 spiro atoms.